The van der Waals surface area contributed by atoms with Crippen molar-refractivity contribution in [2.75, 3.05) is 0 Å². The third-order valence-electron chi connectivity index (χ3n) is 1.93. The Morgan fingerprint density at radius 3 is 2.69 bits per heavy atom. The molecule has 6 nitrogen and oxygen atoms in total. The van der Waals surface area contributed by atoms with Crippen LogP contribution in [0.3, 0.4) is 0 Å². The van der Waals surface area contributed by atoms with Gasteiger partial charge in [-0.25, -0.2) is 4.39 Å². The minimum Gasteiger partial charge on any atom is -0.481 e. The van der Waals surface area contributed by atoms with Gasteiger partial charge < -0.3 is 10.2 Å². The van der Waals surface area contributed by atoms with Crippen LogP contribution in [0, 0.1) is 15.9 Å². The average Bonchev–Trinajstić information content (AvgIpc) is 2.15. The molecule has 16 heavy (non-hydrogen) atoms. The maximum absolute atomic E-state index is 13.3. The summed E-state index contributed by atoms with van der Waals surface area (Å²) in [5, 5.41) is 28.3. The lowest BCUT2D eigenvalue weighted by molar-refractivity contribution is -0.386. The van der Waals surface area contributed by atoms with Gasteiger partial charge in [-0.05, 0) is 6.07 Å². The van der Waals surface area contributed by atoms with E-state index >= 15 is 0 Å². The number of hydrogen-bond donors (Lipinski definition) is 2. The second-order valence-electron chi connectivity index (χ2n) is 3.04. The monoisotopic (exact) mass is 229 g/mol. The van der Waals surface area contributed by atoms with Crippen LogP contribution in [0.1, 0.15) is 18.1 Å². The fourth-order valence-electron chi connectivity index (χ4n) is 1.28. The zero-order chi connectivity index (χ0) is 12.3. The van der Waals surface area contributed by atoms with E-state index in [1.165, 1.54) is 0 Å². The molecule has 0 heterocycles. The topological polar surface area (TPSA) is 101 Å². The lowest BCUT2D eigenvalue weighted by Gasteiger charge is -2.09. The largest absolute Gasteiger partial charge is 0.481 e. The molecule has 0 bridgehead atoms. The molecule has 1 unspecified atom stereocenters. The minimum absolute atomic E-state index is 0.602. The summed E-state index contributed by atoms with van der Waals surface area (Å²) in [6.07, 6.45) is -2.53. The van der Waals surface area contributed by atoms with Crippen molar-refractivity contribution in [1.29, 1.82) is 0 Å². The van der Waals surface area contributed by atoms with Gasteiger partial charge in [-0.15, -0.1) is 0 Å². The molecule has 0 amide bonds. The highest BCUT2D eigenvalue weighted by atomic mass is 19.1. The Kier molecular flexibility index (Phi) is 3.51. The fraction of sp³-hybridized carbons (Fsp3) is 0.222. The molecule has 0 spiro atoms. The number of carboxylic acid groups (broad SMARTS) is 1. The van der Waals surface area contributed by atoms with Gasteiger partial charge in [0.05, 0.1) is 23.0 Å². The average molecular weight is 229 g/mol. The van der Waals surface area contributed by atoms with Crippen LogP contribution in [-0.4, -0.2) is 21.1 Å². The molecule has 0 saturated heterocycles. The number of nitro groups is 1. The van der Waals surface area contributed by atoms with Crippen LogP contribution >= 0.6 is 0 Å². The van der Waals surface area contributed by atoms with Crippen molar-refractivity contribution in [2.24, 2.45) is 0 Å². The zero-order valence-corrected chi connectivity index (χ0v) is 7.96. The number of hydrogen-bond acceptors (Lipinski definition) is 4. The van der Waals surface area contributed by atoms with E-state index in [-0.39, 0.29) is 0 Å². The van der Waals surface area contributed by atoms with Gasteiger partial charge in [0.1, 0.15) is 5.82 Å². The predicted octanol–water partition coefficient (Wildman–Crippen LogP) is 1.24. The number of aliphatic hydroxyl groups excluding tert-OH is 1. The number of rotatable bonds is 4. The SMILES string of the molecule is O=C(O)CC(O)c1c(F)cccc1[N+](=O)[O-]. The van der Waals surface area contributed by atoms with Crippen molar-refractivity contribution in [3.63, 3.8) is 0 Å². The first kappa shape index (κ1) is 12.1. The van der Waals surface area contributed by atoms with E-state index in [4.69, 9.17) is 5.11 Å². The van der Waals surface area contributed by atoms with Crippen molar-refractivity contribution in [3.8, 4) is 0 Å². The van der Waals surface area contributed by atoms with Gasteiger partial charge in [-0.2, -0.15) is 0 Å². The summed E-state index contributed by atoms with van der Waals surface area (Å²) < 4.78 is 13.3. The lowest BCUT2D eigenvalue weighted by atomic mass is 10.0. The normalized spacial score (nSPS) is 12.1. The lowest BCUT2D eigenvalue weighted by Crippen LogP contribution is -2.09. The van der Waals surface area contributed by atoms with Crippen LogP contribution in [0.15, 0.2) is 18.2 Å². The van der Waals surface area contributed by atoms with Gasteiger partial charge in [0.15, 0.2) is 0 Å². The van der Waals surface area contributed by atoms with E-state index in [1.54, 1.807) is 0 Å². The van der Waals surface area contributed by atoms with Crippen molar-refractivity contribution >= 4 is 11.7 Å². The number of aliphatic carboxylic acids is 1. The van der Waals surface area contributed by atoms with E-state index < -0.39 is 40.5 Å². The highest BCUT2D eigenvalue weighted by Gasteiger charge is 2.25. The summed E-state index contributed by atoms with van der Waals surface area (Å²) in [7, 11) is 0. The molecule has 0 aromatic heterocycles. The second-order valence-corrected chi connectivity index (χ2v) is 3.04. The molecule has 1 atom stereocenters. The number of aliphatic hydroxyl groups is 1. The Morgan fingerprint density at radius 2 is 2.19 bits per heavy atom. The van der Waals surface area contributed by atoms with Gasteiger partial charge in [-0.1, -0.05) is 6.07 Å². The van der Waals surface area contributed by atoms with Gasteiger partial charge >= 0.3 is 5.97 Å². The first-order valence-corrected chi connectivity index (χ1v) is 4.26. The molecule has 1 rings (SSSR count). The number of carboxylic acids is 1. The third kappa shape index (κ3) is 2.51. The number of halogens is 1. The van der Waals surface area contributed by atoms with Crippen molar-refractivity contribution in [3.05, 3.63) is 39.7 Å². The number of carbonyl (C=O) groups is 1. The van der Waals surface area contributed by atoms with E-state index in [0.29, 0.717) is 0 Å². The molecule has 0 radical (unpaired) electrons. The Bertz CT molecular complexity index is 434. The molecule has 1 aromatic rings. The fourth-order valence-corrected chi connectivity index (χ4v) is 1.28. The highest BCUT2D eigenvalue weighted by Crippen LogP contribution is 2.29. The maximum Gasteiger partial charge on any atom is 0.306 e. The summed E-state index contributed by atoms with van der Waals surface area (Å²) in [5.41, 5.74) is -1.23. The summed E-state index contributed by atoms with van der Waals surface area (Å²) in [4.78, 5) is 20.0. The summed E-state index contributed by atoms with van der Waals surface area (Å²) in [6, 6.07) is 3.04. The molecule has 0 aliphatic carbocycles. The second kappa shape index (κ2) is 4.67. The number of nitrogens with zero attached hydrogens (tertiary/aromatic N) is 1. The maximum atomic E-state index is 13.3. The first-order valence-electron chi connectivity index (χ1n) is 4.26. The molecule has 2 N–H and O–H groups in total. The highest BCUT2D eigenvalue weighted by molar-refractivity contribution is 5.68. The van der Waals surface area contributed by atoms with Gasteiger partial charge in [0.25, 0.3) is 5.69 Å². The molecule has 86 valence electrons. The molecule has 0 fully saturated rings. The third-order valence-corrected chi connectivity index (χ3v) is 1.93. The Labute approximate surface area is 89.1 Å². The Hall–Kier alpha value is -2.02. The number of benzene rings is 1. The quantitative estimate of drug-likeness (QED) is 0.597. The van der Waals surface area contributed by atoms with E-state index in [9.17, 15) is 24.4 Å². The zero-order valence-electron chi connectivity index (χ0n) is 7.96. The van der Waals surface area contributed by atoms with Crippen LogP contribution in [0.2, 0.25) is 0 Å². The van der Waals surface area contributed by atoms with E-state index in [1.807, 2.05) is 0 Å². The molecule has 1 aromatic carbocycles. The van der Waals surface area contributed by atoms with E-state index in [0.717, 1.165) is 18.2 Å². The van der Waals surface area contributed by atoms with Gasteiger partial charge in [0.2, 0.25) is 0 Å². The summed E-state index contributed by atoms with van der Waals surface area (Å²) in [5.74, 6) is -2.37. The Morgan fingerprint density at radius 1 is 1.56 bits per heavy atom. The molecular formula is C9H8FNO5. The first-order chi connectivity index (χ1) is 7.43. The molecule has 0 saturated carbocycles. The van der Waals surface area contributed by atoms with Crippen molar-refractivity contribution in [1.82, 2.24) is 0 Å². The van der Waals surface area contributed by atoms with Gasteiger partial charge in [0, 0.05) is 6.07 Å². The molecule has 0 aliphatic heterocycles. The van der Waals surface area contributed by atoms with Crippen LogP contribution in [-0.2, 0) is 4.79 Å². The van der Waals surface area contributed by atoms with E-state index in [2.05, 4.69) is 0 Å². The minimum atomic E-state index is -1.74. The number of nitro benzene ring substituents is 1. The van der Waals surface area contributed by atoms with Crippen LogP contribution in [0.25, 0.3) is 0 Å². The van der Waals surface area contributed by atoms with Crippen LogP contribution in [0.4, 0.5) is 10.1 Å². The van der Waals surface area contributed by atoms with Crippen LogP contribution < -0.4 is 0 Å². The standard InChI is InChI=1S/C9H8FNO5/c10-5-2-1-3-6(11(15)16)9(5)7(12)4-8(13)14/h1-3,7,12H,4H2,(H,13,14). The Balaban J connectivity index is 3.19. The van der Waals surface area contributed by atoms with Crippen molar-refractivity contribution < 1.29 is 24.3 Å². The summed E-state index contributed by atoms with van der Waals surface area (Å²) >= 11 is 0. The predicted molar refractivity (Wildman–Crippen MR) is 50.3 cm³/mol. The smallest absolute Gasteiger partial charge is 0.306 e. The molecule has 0 aliphatic rings. The summed E-state index contributed by atoms with van der Waals surface area (Å²) in [6.45, 7) is 0. The molecule has 7 heteroatoms. The molecular weight excluding hydrogens is 221 g/mol. The van der Waals surface area contributed by atoms with Crippen LogP contribution in [0.5, 0.6) is 0 Å². The van der Waals surface area contributed by atoms with Gasteiger partial charge in [-0.3, -0.25) is 14.9 Å². The van der Waals surface area contributed by atoms with Crippen molar-refractivity contribution in [2.45, 2.75) is 12.5 Å².